The molecule has 2 aromatic carbocycles. The first-order valence-corrected chi connectivity index (χ1v) is 10.9. The molecular weight excluding hydrogens is 428 g/mol. The molecule has 1 fully saturated rings. The van der Waals surface area contributed by atoms with E-state index < -0.39 is 10.7 Å². The second-order valence-electron chi connectivity index (χ2n) is 8.06. The fourth-order valence-electron chi connectivity index (χ4n) is 4.15. The van der Waals surface area contributed by atoms with Crippen LogP contribution < -0.4 is 20.7 Å². The van der Waals surface area contributed by atoms with Crippen LogP contribution >= 0.6 is 0 Å². The van der Waals surface area contributed by atoms with Crippen molar-refractivity contribution in [2.75, 3.05) is 25.1 Å². The maximum atomic E-state index is 12.4. The van der Waals surface area contributed by atoms with Crippen molar-refractivity contribution < 1.29 is 18.9 Å². The lowest BCUT2D eigenvalue weighted by Gasteiger charge is -2.34. The summed E-state index contributed by atoms with van der Waals surface area (Å²) in [4.78, 5) is 37.2. The molecule has 3 aromatic rings. The van der Waals surface area contributed by atoms with E-state index in [0.29, 0.717) is 18.5 Å². The summed E-state index contributed by atoms with van der Waals surface area (Å²) in [6.45, 7) is 2.02. The molecule has 4 rings (SSSR count). The number of benzene rings is 2. The number of nitro groups is 1. The summed E-state index contributed by atoms with van der Waals surface area (Å²) in [5, 5.41) is 14.0. The van der Waals surface area contributed by atoms with Gasteiger partial charge in [0.2, 0.25) is 5.91 Å². The first-order chi connectivity index (χ1) is 15.9. The van der Waals surface area contributed by atoms with Gasteiger partial charge in [-0.1, -0.05) is 0 Å². The van der Waals surface area contributed by atoms with Crippen LogP contribution in [0.4, 0.5) is 11.4 Å². The number of methoxy groups -OCH3 is 1. The van der Waals surface area contributed by atoms with Crippen LogP contribution in [0.5, 0.6) is 5.75 Å². The molecule has 0 aliphatic carbocycles. The summed E-state index contributed by atoms with van der Waals surface area (Å²) in [6.07, 6.45) is 2.47. The number of nitro benzene ring substituents is 1. The molecule has 1 aromatic heterocycles. The van der Waals surface area contributed by atoms with Crippen molar-refractivity contribution in [2.24, 2.45) is 0 Å². The van der Waals surface area contributed by atoms with Crippen molar-refractivity contribution in [3.8, 4) is 5.75 Å². The number of carbonyl (C=O) groups is 1. The highest BCUT2D eigenvalue weighted by atomic mass is 16.6. The summed E-state index contributed by atoms with van der Waals surface area (Å²) in [5.74, 6) is 0.194. The van der Waals surface area contributed by atoms with Crippen LogP contribution in [0.15, 0.2) is 51.7 Å². The van der Waals surface area contributed by atoms with Gasteiger partial charge in [0.15, 0.2) is 5.58 Å². The van der Waals surface area contributed by atoms with Gasteiger partial charge in [0.1, 0.15) is 5.75 Å². The predicted molar refractivity (Wildman–Crippen MR) is 123 cm³/mol. The van der Waals surface area contributed by atoms with E-state index in [-0.39, 0.29) is 29.6 Å². The molecule has 1 saturated heterocycles. The Kier molecular flexibility index (Phi) is 6.62. The molecule has 0 atom stereocenters. The van der Waals surface area contributed by atoms with E-state index >= 15 is 0 Å². The normalized spacial score (nSPS) is 14.4. The highest BCUT2D eigenvalue weighted by Crippen LogP contribution is 2.23. The van der Waals surface area contributed by atoms with E-state index in [1.165, 1.54) is 22.8 Å². The molecule has 0 saturated carbocycles. The SMILES string of the molecule is COc1ccc(N2CCC(NC(=O)CCCn3c(=O)oc4cc([N+](=O)[O-])ccc43)CC2)cc1. The van der Waals surface area contributed by atoms with Crippen LogP contribution in [0, 0.1) is 10.1 Å². The maximum Gasteiger partial charge on any atom is 0.419 e. The zero-order chi connectivity index (χ0) is 23.4. The molecule has 174 valence electrons. The Morgan fingerprint density at radius 2 is 1.94 bits per heavy atom. The number of aromatic nitrogens is 1. The van der Waals surface area contributed by atoms with Gasteiger partial charge in [0.25, 0.3) is 5.69 Å². The van der Waals surface area contributed by atoms with E-state index in [9.17, 15) is 19.7 Å². The Morgan fingerprint density at radius 3 is 2.61 bits per heavy atom. The topological polar surface area (TPSA) is 120 Å². The smallest absolute Gasteiger partial charge is 0.419 e. The van der Waals surface area contributed by atoms with E-state index in [4.69, 9.17) is 9.15 Å². The number of oxazole rings is 1. The number of nitrogens with zero attached hydrogens (tertiary/aromatic N) is 3. The minimum atomic E-state index is -0.586. The summed E-state index contributed by atoms with van der Waals surface area (Å²) in [7, 11) is 1.65. The molecule has 1 aliphatic rings. The van der Waals surface area contributed by atoms with Gasteiger partial charge in [-0.15, -0.1) is 0 Å². The van der Waals surface area contributed by atoms with Crippen LogP contribution in [0.3, 0.4) is 0 Å². The third-order valence-electron chi connectivity index (χ3n) is 5.95. The Hall–Kier alpha value is -3.82. The van der Waals surface area contributed by atoms with Gasteiger partial charge in [-0.2, -0.15) is 0 Å². The fraction of sp³-hybridized carbons (Fsp3) is 0.391. The summed E-state index contributed by atoms with van der Waals surface area (Å²) in [6, 6.07) is 12.2. The van der Waals surface area contributed by atoms with Crippen molar-refractivity contribution in [1.29, 1.82) is 0 Å². The number of rotatable bonds is 8. The van der Waals surface area contributed by atoms with E-state index in [0.717, 1.165) is 37.4 Å². The molecule has 2 heterocycles. The molecule has 1 amide bonds. The van der Waals surface area contributed by atoms with Gasteiger partial charge in [-0.05, 0) is 49.6 Å². The Morgan fingerprint density at radius 1 is 1.21 bits per heavy atom. The molecule has 0 radical (unpaired) electrons. The number of piperidine rings is 1. The number of aryl methyl sites for hydroxylation is 1. The quantitative estimate of drug-likeness (QED) is 0.410. The molecular formula is C23H26N4O6. The van der Waals surface area contributed by atoms with Gasteiger partial charge >= 0.3 is 5.76 Å². The number of anilines is 1. The number of fused-ring (bicyclic) bond motifs is 1. The monoisotopic (exact) mass is 454 g/mol. The van der Waals surface area contributed by atoms with Crippen molar-refractivity contribution in [2.45, 2.75) is 38.3 Å². The second kappa shape index (κ2) is 9.76. The predicted octanol–water partition coefficient (Wildman–Crippen LogP) is 3.08. The largest absolute Gasteiger partial charge is 0.497 e. The zero-order valence-corrected chi connectivity index (χ0v) is 18.4. The molecule has 33 heavy (non-hydrogen) atoms. The van der Waals surface area contributed by atoms with Gasteiger partial charge in [-0.3, -0.25) is 19.5 Å². The Balaban J connectivity index is 1.24. The molecule has 0 bridgehead atoms. The van der Waals surface area contributed by atoms with E-state index in [2.05, 4.69) is 10.2 Å². The number of hydrogen-bond acceptors (Lipinski definition) is 7. The van der Waals surface area contributed by atoms with Gasteiger partial charge in [-0.25, -0.2) is 4.79 Å². The summed E-state index contributed by atoms with van der Waals surface area (Å²) < 4.78 is 11.7. The lowest BCUT2D eigenvalue weighted by atomic mass is 10.0. The summed E-state index contributed by atoms with van der Waals surface area (Å²) >= 11 is 0. The van der Waals surface area contributed by atoms with Crippen LogP contribution in [-0.2, 0) is 11.3 Å². The molecule has 1 N–H and O–H groups in total. The van der Waals surface area contributed by atoms with Crippen LogP contribution in [0.1, 0.15) is 25.7 Å². The third kappa shape index (κ3) is 5.16. The van der Waals surface area contributed by atoms with Gasteiger partial charge in [0.05, 0.1) is 23.6 Å². The number of ether oxygens (including phenoxy) is 1. The lowest BCUT2D eigenvalue weighted by Crippen LogP contribution is -2.44. The highest BCUT2D eigenvalue weighted by molar-refractivity contribution is 5.77. The number of hydrogen-bond donors (Lipinski definition) is 1. The Bertz CT molecular complexity index is 1190. The minimum absolute atomic E-state index is 0.0469. The van der Waals surface area contributed by atoms with Crippen LogP contribution in [-0.4, -0.2) is 41.6 Å². The second-order valence-corrected chi connectivity index (χ2v) is 8.06. The average Bonchev–Trinajstić information content (AvgIpc) is 3.14. The lowest BCUT2D eigenvalue weighted by molar-refractivity contribution is -0.384. The van der Waals surface area contributed by atoms with Crippen LogP contribution in [0.2, 0.25) is 0 Å². The fourth-order valence-corrected chi connectivity index (χ4v) is 4.15. The standard InChI is InChI=1S/C23H26N4O6/c1-32-19-7-4-17(5-8-19)25-13-10-16(11-14-25)24-22(28)3-2-12-26-20-9-6-18(27(30)31)15-21(20)33-23(26)29/h4-9,15-16H,2-3,10-14H2,1H3,(H,24,28). The first kappa shape index (κ1) is 22.4. The van der Waals surface area contributed by atoms with Gasteiger partial charge in [0, 0.05) is 43.9 Å². The van der Waals surface area contributed by atoms with Gasteiger partial charge < -0.3 is 19.4 Å². The molecule has 10 nitrogen and oxygen atoms in total. The van der Waals surface area contributed by atoms with Crippen LogP contribution in [0.25, 0.3) is 11.1 Å². The summed E-state index contributed by atoms with van der Waals surface area (Å²) in [5.41, 5.74) is 1.66. The maximum absolute atomic E-state index is 12.4. The molecule has 0 spiro atoms. The van der Waals surface area contributed by atoms with Crippen molar-refractivity contribution >= 4 is 28.4 Å². The number of amides is 1. The highest BCUT2D eigenvalue weighted by Gasteiger charge is 2.21. The first-order valence-electron chi connectivity index (χ1n) is 10.9. The number of nitrogens with one attached hydrogen (secondary N) is 1. The molecule has 0 unspecified atom stereocenters. The number of non-ortho nitro benzene ring substituents is 1. The number of carbonyl (C=O) groups excluding carboxylic acids is 1. The third-order valence-corrected chi connectivity index (χ3v) is 5.95. The molecule has 10 heteroatoms. The van der Waals surface area contributed by atoms with Crippen molar-refractivity contribution in [3.05, 3.63) is 63.1 Å². The minimum Gasteiger partial charge on any atom is -0.497 e. The zero-order valence-electron chi connectivity index (χ0n) is 18.4. The van der Waals surface area contributed by atoms with E-state index in [1.54, 1.807) is 7.11 Å². The Labute approximate surface area is 189 Å². The average molecular weight is 454 g/mol. The van der Waals surface area contributed by atoms with E-state index in [1.807, 2.05) is 24.3 Å². The molecule has 1 aliphatic heterocycles. The van der Waals surface area contributed by atoms with Crippen molar-refractivity contribution in [1.82, 2.24) is 9.88 Å². The van der Waals surface area contributed by atoms with Crippen molar-refractivity contribution in [3.63, 3.8) is 0 Å².